The van der Waals surface area contributed by atoms with Crippen molar-refractivity contribution in [3.05, 3.63) is 0 Å². The van der Waals surface area contributed by atoms with Crippen molar-refractivity contribution in [1.29, 1.82) is 0 Å². The van der Waals surface area contributed by atoms with Crippen LogP contribution in [0.5, 0.6) is 0 Å². The summed E-state index contributed by atoms with van der Waals surface area (Å²) in [6.45, 7) is 5.08. The third-order valence-corrected chi connectivity index (χ3v) is 0.167. The Morgan fingerprint density at radius 3 is 0.667 bits per heavy atom. The van der Waals surface area contributed by atoms with Crippen molar-refractivity contribution in [1.82, 2.24) is 0 Å². The quantitative estimate of drug-likeness (QED) is 0.327. The van der Waals surface area contributed by atoms with Gasteiger partial charge in [0.05, 0.1) is 0 Å². The van der Waals surface area contributed by atoms with E-state index in [0.29, 0.717) is 13.1 Å². The molecule has 0 saturated carbocycles. The van der Waals surface area contributed by atoms with Crippen LogP contribution in [0, 0.1) is 0 Å². The molecule has 0 aliphatic heterocycles. The van der Waals surface area contributed by atoms with Crippen LogP contribution in [0.2, 0.25) is 0 Å². The predicted octanol–water partition coefficient (Wildman–Crippen LogP) is -6.07. The summed E-state index contributed by atoms with van der Waals surface area (Å²) in [5, 5.41) is 35.6. The molecule has 21 heavy (non-hydrogen) atoms. The molecule has 0 aromatic carbocycles. The smallest absolute Gasteiger partial charge is 0.0383 e. The summed E-state index contributed by atoms with van der Waals surface area (Å²) < 4.78 is 0. The zero-order chi connectivity index (χ0) is 17.7. The molecule has 0 aromatic rings. The van der Waals surface area contributed by atoms with Crippen molar-refractivity contribution in [3.8, 4) is 0 Å². The van der Waals surface area contributed by atoms with E-state index < -0.39 is 23.9 Å². The number of carboxylic acids is 4. The average molecular weight is 497 g/mol. The van der Waals surface area contributed by atoms with E-state index in [1.807, 2.05) is 0 Å². The molecule has 11 heteroatoms. The Labute approximate surface area is 143 Å². The Morgan fingerprint density at radius 2 is 0.667 bits per heavy atom. The van der Waals surface area contributed by atoms with E-state index >= 15 is 0 Å². The molecule has 0 radical (unpaired) electrons. The van der Waals surface area contributed by atoms with Crippen LogP contribution in [-0.2, 0) is 46.8 Å². The largest absolute Gasteiger partial charge is 0.550 e. The molecule has 4 N–H and O–H groups in total. The van der Waals surface area contributed by atoms with Gasteiger partial charge in [-0.3, -0.25) is 0 Å². The molecule has 0 aromatic heterocycles. The van der Waals surface area contributed by atoms with Crippen LogP contribution < -0.4 is 31.9 Å². The normalized spacial score (nSPS) is 6.19. The first-order valence-electron chi connectivity index (χ1n) is 4.95. The van der Waals surface area contributed by atoms with Gasteiger partial charge in [0.25, 0.3) is 0 Å². The summed E-state index contributed by atoms with van der Waals surface area (Å²) in [6.07, 6.45) is 0. The van der Waals surface area contributed by atoms with Gasteiger partial charge in [0, 0.05) is 64.6 Å². The molecule has 0 rings (SSSR count). The van der Waals surface area contributed by atoms with Crippen molar-refractivity contribution in [2.45, 2.75) is 27.7 Å². The van der Waals surface area contributed by atoms with E-state index in [1.165, 1.54) is 0 Å². The average Bonchev–Trinajstić information content (AvgIpc) is 2.13. The Balaban J connectivity index is -0.0000000331. The van der Waals surface area contributed by atoms with Gasteiger partial charge in [0.1, 0.15) is 0 Å². The fourth-order valence-corrected chi connectivity index (χ4v) is 0. The molecule has 0 fully saturated rings. The first-order valence-corrected chi connectivity index (χ1v) is 4.95. The maximum atomic E-state index is 8.89. The summed E-state index contributed by atoms with van der Waals surface area (Å²) >= 11 is 0. The van der Waals surface area contributed by atoms with Crippen LogP contribution in [0.15, 0.2) is 0 Å². The van der Waals surface area contributed by atoms with Crippen LogP contribution in [0.25, 0.3) is 0 Å². The van der Waals surface area contributed by atoms with Crippen LogP contribution >= 0.6 is 0 Å². The Bertz CT molecular complexity index is 195. The second-order valence-electron chi connectivity index (χ2n) is 2.54. The number of hydrogen-bond acceptors (Lipinski definition) is 10. The molecular formula is C10H20HgN2O8-4. The fourth-order valence-electron chi connectivity index (χ4n) is 0. The Hall–Kier alpha value is -1.26. The third-order valence-electron chi connectivity index (χ3n) is 0.167. The molecule has 0 bridgehead atoms. The molecule has 10 nitrogen and oxygen atoms in total. The van der Waals surface area contributed by atoms with Gasteiger partial charge in [-0.2, -0.15) is 0 Å². The Kier molecular flexibility index (Phi) is 63.5. The maximum absolute atomic E-state index is 8.89. The van der Waals surface area contributed by atoms with E-state index in [0.717, 1.165) is 27.7 Å². The van der Waals surface area contributed by atoms with E-state index in [2.05, 4.69) is 0 Å². The second kappa shape index (κ2) is 36.3. The predicted molar refractivity (Wildman–Crippen MR) is 60.8 cm³/mol. The van der Waals surface area contributed by atoms with Gasteiger partial charge in [-0.1, -0.05) is 0 Å². The molecule has 0 saturated heterocycles. The summed E-state index contributed by atoms with van der Waals surface area (Å²) in [6, 6.07) is 0. The second-order valence-corrected chi connectivity index (χ2v) is 2.54. The zero-order valence-electron chi connectivity index (χ0n) is 12.5. The van der Waals surface area contributed by atoms with E-state index in [1.54, 1.807) is 0 Å². The SMILES string of the molecule is CC(=O)[O-].CC(=O)[O-].CC(=O)[O-].CC(=O)[O-].NCCN.[Hg]. The standard InChI is InChI=1S/C2H8N2.4C2H4O2.Hg/c3-1-2-4;4*1-2(3)4;/h1-4H2;4*1H3,(H,3,4);/p-4. The van der Waals surface area contributed by atoms with Crippen LogP contribution in [0.1, 0.15) is 27.7 Å². The van der Waals surface area contributed by atoms with Crippen LogP contribution in [0.4, 0.5) is 0 Å². The number of rotatable bonds is 1. The van der Waals surface area contributed by atoms with Gasteiger partial charge in [-0.05, 0) is 27.7 Å². The van der Waals surface area contributed by atoms with Gasteiger partial charge < -0.3 is 51.1 Å². The van der Waals surface area contributed by atoms with Crippen molar-refractivity contribution >= 4 is 23.9 Å². The first-order chi connectivity index (χ1) is 8.84. The molecule has 0 spiro atoms. The maximum Gasteiger partial charge on any atom is 0.0383 e. The molecule has 0 heterocycles. The van der Waals surface area contributed by atoms with Crippen molar-refractivity contribution < 1.29 is 67.3 Å². The Morgan fingerprint density at radius 1 is 0.619 bits per heavy atom. The van der Waals surface area contributed by atoms with Crippen LogP contribution in [0.3, 0.4) is 0 Å². The third kappa shape index (κ3) is 74800. The zero-order valence-corrected chi connectivity index (χ0v) is 18.0. The van der Waals surface area contributed by atoms with Crippen molar-refractivity contribution in [2.75, 3.05) is 13.1 Å². The van der Waals surface area contributed by atoms with E-state index in [-0.39, 0.29) is 27.7 Å². The van der Waals surface area contributed by atoms with Gasteiger partial charge in [0.2, 0.25) is 0 Å². The molecular weight excluding hydrogens is 477 g/mol. The number of carboxylic acid groups (broad SMARTS) is 4. The topological polar surface area (TPSA) is 213 Å². The van der Waals surface area contributed by atoms with Gasteiger partial charge in [-0.25, -0.2) is 0 Å². The summed E-state index contributed by atoms with van der Waals surface area (Å²) in [5.41, 5.74) is 9.81. The number of carbonyl (C=O) groups is 4. The number of hydrogen-bond donors (Lipinski definition) is 2. The number of aliphatic carboxylic acids is 4. The molecule has 124 valence electrons. The van der Waals surface area contributed by atoms with Gasteiger partial charge in [-0.15, -0.1) is 0 Å². The molecule has 0 aliphatic carbocycles. The van der Waals surface area contributed by atoms with E-state index in [9.17, 15) is 0 Å². The van der Waals surface area contributed by atoms with Crippen molar-refractivity contribution in [3.63, 3.8) is 0 Å². The first kappa shape index (κ1) is 36.7. The minimum absolute atomic E-state index is 0. The number of carbonyl (C=O) groups excluding carboxylic acids is 4. The van der Waals surface area contributed by atoms with Crippen LogP contribution in [-0.4, -0.2) is 37.0 Å². The summed E-state index contributed by atoms with van der Waals surface area (Å²) in [4.78, 5) is 35.6. The molecule has 0 amide bonds. The summed E-state index contributed by atoms with van der Waals surface area (Å²) in [5.74, 6) is -4.33. The molecule has 0 atom stereocenters. The molecule has 0 aliphatic rings. The van der Waals surface area contributed by atoms with E-state index in [4.69, 9.17) is 51.1 Å². The fraction of sp³-hybridized carbons (Fsp3) is 0.600. The summed E-state index contributed by atoms with van der Waals surface area (Å²) in [7, 11) is 0. The monoisotopic (exact) mass is 498 g/mol. The molecule has 0 unspecified atom stereocenters. The van der Waals surface area contributed by atoms with Gasteiger partial charge >= 0.3 is 0 Å². The minimum atomic E-state index is -1.08. The van der Waals surface area contributed by atoms with Crippen molar-refractivity contribution in [2.24, 2.45) is 11.5 Å². The number of nitrogens with two attached hydrogens (primary N) is 2. The van der Waals surface area contributed by atoms with Gasteiger partial charge in [0.15, 0.2) is 0 Å². The minimum Gasteiger partial charge on any atom is -0.550 e.